The van der Waals surface area contributed by atoms with E-state index in [0.717, 1.165) is 0 Å². The molecule has 0 amide bonds. The van der Waals surface area contributed by atoms with Crippen molar-refractivity contribution in [3.05, 3.63) is 29.8 Å². The molecule has 26 heavy (non-hydrogen) atoms. The molecule has 0 saturated carbocycles. The van der Waals surface area contributed by atoms with Crippen LogP contribution in [0.15, 0.2) is 29.2 Å². The number of ether oxygens (including phenoxy) is 1. The third kappa shape index (κ3) is 7.19. The van der Waals surface area contributed by atoms with Crippen molar-refractivity contribution in [2.75, 3.05) is 0 Å². The molecule has 0 radical (unpaired) electrons. The first-order chi connectivity index (χ1) is 11.5. The van der Waals surface area contributed by atoms with Crippen LogP contribution < -0.4 is 5.14 Å². The molecular weight excluding hydrogens is 350 g/mol. The lowest BCUT2D eigenvalue weighted by Crippen LogP contribution is -2.36. The van der Waals surface area contributed by atoms with Crippen LogP contribution in [0.4, 0.5) is 0 Å². The summed E-state index contributed by atoms with van der Waals surface area (Å²) in [6, 6.07) is 6.08. The number of carbonyl (C=O) groups is 1. The Balaban J connectivity index is 2.93. The van der Waals surface area contributed by atoms with Gasteiger partial charge in [0.15, 0.2) is 0 Å². The normalized spacial score (nSPS) is 12.9. The van der Waals surface area contributed by atoms with Crippen molar-refractivity contribution in [2.24, 2.45) is 16.0 Å². The zero-order valence-corrected chi connectivity index (χ0v) is 17.5. The first-order valence-corrected chi connectivity index (χ1v) is 9.96. The second-order valence-corrected chi connectivity index (χ2v) is 10.3. The van der Waals surface area contributed by atoms with Crippen molar-refractivity contribution in [3.8, 4) is 11.8 Å². The number of sulfonamides is 1. The largest absolute Gasteiger partial charge is 0.460 e. The van der Waals surface area contributed by atoms with Crippen molar-refractivity contribution >= 4 is 16.0 Å². The van der Waals surface area contributed by atoms with Gasteiger partial charge in [-0.15, -0.1) is 0 Å². The lowest BCUT2D eigenvalue weighted by molar-refractivity contribution is -0.167. The maximum atomic E-state index is 12.4. The van der Waals surface area contributed by atoms with E-state index in [0.29, 0.717) is 12.0 Å². The van der Waals surface area contributed by atoms with Gasteiger partial charge in [0, 0.05) is 11.0 Å². The van der Waals surface area contributed by atoms with Crippen molar-refractivity contribution in [1.29, 1.82) is 0 Å². The minimum Gasteiger partial charge on any atom is -0.460 e. The van der Waals surface area contributed by atoms with Crippen LogP contribution in [0.1, 0.15) is 60.5 Å². The van der Waals surface area contributed by atoms with Crippen molar-refractivity contribution in [2.45, 2.75) is 65.4 Å². The number of hydrogen-bond acceptors (Lipinski definition) is 4. The van der Waals surface area contributed by atoms with E-state index in [-0.39, 0.29) is 10.9 Å². The monoisotopic (exact) mass is 379 g/mol. The van der Waals surface area contributed by atoms with Gasteiger partial charge in [0.25, 0.3) is 0 Å². The molecule has 0 fully saturated rings. The Labute approximate surface area is 157 Å². The predicted molar refractivity (Wildman–Crippen MR) is 103 cm³/mol. The number of nitrogens with two attached hydrogens (primary N) is 1. The summed E-state index contributed by atoms with van der Waals surface area (Å²) in [5.41, 5.74) is -0.961. The number of rotatable bonds is 4. The average molecular weight is 380 g/mol. The highest BCUT2D eigenvalue weighted by molar-refractivity contribution is 7.89. The molecule has 0 spiro atoms. The maximum absolute atomic E-state index is 12.4. The molecule has 144 valence electrons. The molecule has 2 N–H and O–H groups in total. The van der Waals surface area contributed by atoms with E-state index in [4.69, 9.17) is 9.88 Å². The molecular formula is C20H29NO4S. The van der Waals surface area contributed by atoms with E-state index in [2.05, 4.69) is 11.8 Å². The van der Waals surface area contributed by atoms with E-state index in [9.17, 15) is 13.2 Å². The van der Waals surface area contributed by atoms with E-state index in [1.165, 1.54) is 12.1 Å². The molecule has 0 heterocycles. The van der Waals surface area contributed by atoms with E-state index in [1.54, 1.807) is 12.1 Å². The molecule has 6 heteroatoms. The Morgan fingerprint density at radius 2 is 1.54 bits per heavy atom. The molecule has 0 aromatic heterocycles. The van der Waals surface area contributed by atoms with E-state index < -0.39 is 26.5 Å². The first kappa shape index (κ1) is 22.2. The van der Waals surface area contributed by atoms with Gasteiger partial charge < -0.3 is 4.74 Å². The van der Waals surface area contributed by atoms with E-state index in [1.807, 2.05) is 48.5 Å². The summed E-state index contributed by atoms with van der Waals surface area (Å²) in [7, 11) is -3.71. The SMILES string of the molecule is CC(C)(C#Cc1ccc(S(N)(=O)=O)cc1)CC(C)(C)C(=O)OC(C)(C)C. The highest BCUT2D eigenvalue weighted by Gasteiger charge is 2.37. The standard InChI is InChI=1S/C20H29NO4S/c1-18(2,3)25-17(22)20(6,7)14-19(4,5)13-12-15-8-10-16(11-9-15)26(21,23)24/h8-11H,14H2,1-7H3,(H2,21,23,24). The molecule has 0 aliphatic rings. The summed E-state index contributed by atoms with van der Waals surface area (Å²) in [4.78, 5) is 12.5. The van der Waals surface area contributed by atoms with Crippen molar-refractivity contribution in [3.63, 3.8) is 0 Å². The molecule has 1 aromatic carbocycles. The summed E-state index contributed by atoms with van der Waals surface area (Å²) < 4.78 is 28.1. The fraction of sp³-hybridized carbons (Fsp3) is 0.550. The molecule has 0 saturated heterocycles. The van der Waals surface area contributed by atoms with Crippen LogP contribution in [0.5, 0.6) is 0 Å². The number of esters is 1. The van der Waals surface area contributed by atoms with Gasteiger partial charge in [-0.1, -0.05) is 11.8 Å². The smallest absolute Gasteiger partial charge is 0.312 e. The molecule has 0 bridgehead atoms. The molecule has 0 aliphatic heterocycles. The molecule has 0 unspecified atom stereocenters. The fourth-order valence-corrected chi connectivity index (χ4v) is 3.12. The predicted octanol–water partition coefficient (Wildman–Crippen LogP) is 3.47. The van der Waals surface area contributed by atoms with Gasteiger partial charge in [-0.3, -0.25) is 4.79 Å². The Bertz CT molecular complexity index is 817. The van der Waals surface area contributed by atoms with Gasteiger partial charge in [-0.2, -0.15) is 0 Å². The summed E-state index contributed by atoms with van der Waals surface area (Å²) in [5.74, 6) is 5.95. The Morgan fingerprint density at radius 3 is 1.96 bits per heavy atom. The topological polar surface area (TPSA) is 86.5 Å². The van der Waals surface area contributed by atoms with Crippen LogP contribution in [0.2, 0.25) is 0 Å². The first-order valence-electron chi connectivity index (χ1n) is 8.41. The summed E-state index contributed by atoms with van der Waals surface area (Å²) >= 11 is 0. The van der Waals surface area contributed by atoms with Gasteiger partial charge in [0.05, 0.1) is 10.3 Å². The van der Waals surface area contributed by atoms with Gasteiger partial charge in [-0.05, 0) is 79.2 Å². The Hall–Kier alpha value is -1.84. The van der Waals surface area contributed by atoms with Crippen molar-refractivity contribution < 1.29 is 17.9 Å². The second kappa shape index (κ2) is 7.42. The maximum Gasteiger partial charge on any atom is 0.312 e. The number of hydrogen-bond donors (Lipinski definition) is 1. The zero-order chi connectivity index (χ0) is 20.4. The Kier molecular flexibility index (Phi) is 6.33. The van der Waals surface area contributed by atoms with E-state index >= 15 is 0 Å². The summed E-state index contributed by atoms with van der Waals surface area (Å²) in [6.07, 6.45) is 0.525. The van der Waals surface area contributed by atoms with Crippen LogP contribution in [0.25, 0.3) is 0 Å². The van der Waals surface area contributed by atoms with Crippen LogP contribution >= 0.6 is 0 Å². The van der Waals surface area contributed by atoms with Crippen LogP contribution in [-0.2, 0) is 19.6 Å². The molecule has 5 nitrogen and oxygen atoms in total. The van der Waals surface area contributed by atoms with Gasteiger partial charge in [0.2, 0.25) is 10.0 Å². The van der Waals surface area contributed by atoms with Crippen LogP contribution in [0.3, 0.4) is 0 Å². The lowest BCUT2D eigenvalue weighted by atomic mass is 9.75. The molecule has 1 rings (SSSR count). The van der Waals surface area contributed by atoms with Crippen molar-refractivity contribution in [1.82, 2.24) is 0 Å². The van der Waals surface area contributed by atoms with Gasteiger partial charge in [0.1, 0.15) is 5.60 Å². The summed E-state index contributed by atoms with van der Waals surface area (Å²) in [6.45, 7) is 13.2. The molecule has 0 atom stereocenters. The average Bonchev–Trinajstić information content (AvgIpc) is 2.42. The number of primary sulfonamides is 1. The highest BCUT2D eigenvalue weighted by Crippen LogP contribution is 2.35. The van der Waals surface area contributed by atoms with Crippen LogP contribution in [-0.4, -0.2) is 20.0 Å². The molecule has 1 aromatic rings. The second-order valence-electron chi connectivity index (χ2n) is 8.77. The lowest BCUT2D eigenvalue weighted by Gasteiger charge is -2.32. The highest BCUT2D eigenvalue weighted by atomic mass is 32.2. The fourth-order valence-electron chi connectivity index (χ4n) is 2.61. The molecule has 0 aliphatic carbocycles. The minimum atomic E-state index is -3.71. The zero-order valence-electron chi connectivity index (χ0n) is 16.6. The summed E-state index contributed by atoms with van der Waals surface area (Å²) in [5, 5.41) is 5.08. The third-order valence-electron chi connectivity index (χ3n) is 3.56. The Morgan fingerprint density at radius 1 is 1.04 bits per heavy atom. The van der Waals surface area contributed by atoms with Gasteiger partial charge >= 0.3 is 5.97 Å². The van der Waals surface area contributed by atoms with Crippen LogP contribution in [0, 0.1) is 22.7 Å². The number of carbonyl (C=O) groups excluding carboxylic acids is 1. The third-order valence-corrected chi connectivity index (χ3v) is 4.49. The minimum absolute atomic E-state index is 0.0494. The quantitative estimate of drug-likeness (QED) is 0.641. The number of benzene rings is 1. The van der Waals surface area contributed by atoms with Gasteiger partial charge in [-0.25, -0.2) is 13.6 Å².